The van der Waals surface area contributed by atoms with E-state index in [-0.39, 0.29) is 18.1 Å². The number of hydrogen-bond acceptors (Lipinski definition) is 2. The van der Waals surface area contributed by atoms with Crippen molar-refractivity contribution in [2.24, 2.45) is 10.9 Å². The van der Waals surface area contributed by atoms with Crippen LogP contribution in [0.2, 0.25) is 10.0 Å². The molecule has 1 aromatic rings. The van der Waals surface area contributed by atoms with Gasteiger partial charge in [0.2, 0.25) is 0 Å². The summed E-state index contributed by atoms with van der Waals surface area (Å²) in [7, 11) is 0. The first-order valence-electron chi connectivity index (χ1n) is 5.31. The highest BCUT2D eigenvalue weighted by Gasteiger charge is 2.22. The molecule has 0 N–H and O–H groups in total. The van der Waals surface area contributed by atoms with E-state index in [1.807, 2.05) is 0 Å². The number of halogens is 2. The van der Waals surface area contributed by atoms with Gasteiger partial charge in [-0.25, -0.2) is 4.99 Å². The second-order valence-electron chi connectivity index (χ2n) is 3.86. The molecule has 1 heterocycles. The van der Waals surface area contributed by atoms with Crippen LogP contribution >= 0.6 is 23.2 Å². The lowest BCUT2D eigenvalue weighted by molar-refractivity contribution is -0.120. The number of dihydropyridines is 1. The summed E-state index contributed by atoms with van der Waals surface area (Å²) in [4.78, 5) is 27.1. The Kier molecular flexibility index (Phi) is 3.94. The average molecular weight is 282 g/mol. The number of benzene rings is 1. The van der Waals surface area contributed by atoms with Crippen molar-refractivity contribution in [2.45, 2.75) is 6.42 Å². The summed E-state index contributed by atoms with van der Waals surface area (Å²) < 4.78 is 0. The van der Waals surface area contributed by atoms with Crippen LogP contribution in [-0.2, 0) is 4.79 Å². The fourth-order valence-electron chi connectivity index (χ4n) is 1.66. The zero-order valence-corrected chi connectivity index (χ0v) is 10.8. The molecule has 1 unspecified atom stereocenters. The number of rotatable bonds is 3. The molecule has 0 bridgehead atoms. The number of amides is 1. The molecule has 0 aromatic heterocycles. The van der Waals surface area contributed by atoms with Crippen LogP contribution in [0.25, 0.3) is 0 Å². The van der Waals surface area contributed by atoms with Crippen LogP contribution in [0, 0.1) is 5.92 Å². The van der Waals surface area contributed by atoms with Gasteiger partial charge in [-0.1, -0.05) is 29.3 Å². The molecule has 0 saturated heterocycles. The molecule has 0 saturated carbocycles. The first-order chi connectivity index (χ1) is 8.58. The van der Waals surface area contributed by atoms with Gasteiger partial charge < -0.3 is 0 Å². The number of allylic oxidation sites excluding steroid dienone is 1. The number of Topliss-reactive ketones (excluding diaryl/α,β-unsaturated/α-hetero) is 1. The molecule has 1 amide bonds. The van der Waals surface area contributed by atoms with Crippen molar-refractivity contribution >= 4 is 41.1 Å². The van der Waals surface area contributed by atoms with Crippen LogP contribution < -0.4 is 0 Å². The third-order valence-corrected chi connectivity index (χ3v) is 3.13. The molecule has 2 rings (SSSR count). The molecule has 18 heavy (non-hydrogen) atoms. The highest BCUT2D eigenvalue weighted by molar-refractivity contribution is 6.36. The summed E-state index contributed by atoms with van der Waals surface area (Å²) in [5, 5.41) is 0.762. The van der Waals surface area contributed by atoms with Gasteiger partial charge in [-0.15, -0.1) is 0 Å². The van der Waals surface area contributed by atoms with Crippen molar-refractivity contribution in [1.82, 2.24) is 0 Å². The number of aliphatic imine (C=N–C) groups is 1. The third kappa shape index (κ3) is 2.86. The molecule has 0 fully saturated rings. The molecule has 0 spiro atoms. The van der Waals surface area contributed by atoms with E-state index >= 15 is 0 Å². The van der Waals surface area contributed by atoms with Crippen molar-refractivity contribution in [3.05, 3.63) is 46.0 Å². The fraction of sp³-hybridized carbons (Fsp3) is 0.154. The van der Waals surface area contributed by atoms with E-state index in [0.717, 1.165) is 0 Å². The van der Waals surface area contributed by atoms with E-state index < -0.39 is 5.92 Å². The lowest BCUT2D eigenvalue weighted by Crippen LogP contribution is -2.17. The van der Waals surface area contributed by atoms with Gasteiger partial charge in [0, 0.05) is 23.2 Å². The summed E-state index contributed by atoms with van der Waals surface area (Å²) in [6.45, 7) is 0. The van der Waals surface area contributed by atoms with E-state index in [1.54, 1.807) is 24.3 Å². The molecule has 5 heteroatoms. The number of hydrogen-bond donors (Lipinski definition) is 0. The number of carbonyl (C=O) groups excluding carboxylic acids is 2. The Morgan fingerprint density at radius 1 is 1.33 bits per heavy atom. The standard InChI is InChI=1S/C13H9Cl2NO2/c14-9-3-4-10(11(15)7-9)12(17)6-8-2-1-5-16-13(8)18/h1-5,7-8H,6H2. The van der Waals surface area contributed by atoms with Crippen LogP contribution in [0.15, 0.2) is 35.3 Å². The molecular formula is C13H9Cl2NO2. The van der Waals surface area contributed by atoms with Crippen molar-refractivity contribution in [3.8, 4) is 0 Å². The third-order valence-electron chi connectivity index (χ3n) is 2.59. The molecule has 92 valence electrons. The van der Waals surface area contributed by atoms with Crippen LogP contribution in [0.5, 0.6) is 0 Å². The zero-order valence-electron chi connectivity index (χ0n) is 9.27. The lowest BCUT2D eigenvalue weighted by Gasteiger charge is -2.10. The monoisotopic (exact) mass is 281 g/mol. The first-order valence-corrected chi connectivity index (χ1v) is 6.06. The van der Waals surface area contributed by atoms with Gasteiger partial charge in [0.15, 0.2) is 5.78 Å². The first kappa shape index (κ1) is 13.0. The normalized spacial score (nSPS) is 18.1. The number of carbonyl (C=O) groups is 2. The highest BCUT2D eigenvalue weighted by Crippen LogP contribution is 2.24. The molecule has 1 atom stereocenters. The fourth-order valence-corrected chi connectivity index (χ4v) is 2.17. The molecule has 1 aromatic carbocycles. The van der Waals surface area contributed by atoms with Crippen molar-refractivity contribution < 1.29 is 9.59 Å². The topological polar surface area (TPSA) is 46.5 Å². The number of nitrogens with zero attached hydrogens (tertiary/aromatic N) is 1. The predicted octanol–water partition coefficient (Wildman–Crippen LogP) is 3.35. The maximum Gasteiger partial charge on any atom is 0.253 e. The quantitative estimate of drug-likeness (QED) is 0.798. The van der Waals surface area contributed by atoms with Gasteiger partial charge in [0.1, 0.15) is 0 Å². The van der Waals surface area contributed by atoms with E-state index in [4.69, 9.17) is 23.2 Å². The molecule has 0 radical (unpaired) electrons. The average Bonchev–Trinajstić information content (AvgIpc) is 2.32. The Labute approximate surface area is 114 Å². The van der Waals surface area contributed by atoms with Crippen LogP contribution in [0.1, 0.15) is 16.8 Å². The molecule has 1 aliphatic rings. The highest BCUT2D eigenvalue weighted by atomic mass is 35.5. The predicted molar refractivity (Wildman–Crippen MR) is 71.5 cm³/mol. The van der Waals surface area contributed by atoms with Gasteiger partial charge in [-0.2, -0.15) is 0 Å². The Bertz CT molecular complexity index is 564. The smallest absolute Gasteiger partial charge is 0.253 e. The Morgan fingerprint density at radius 3 is 2.78 bits per heavy atom. The summed E-state index contributed by atoms with van der Waals surface area (Å²) in [6, 6.07) is 4.66. The van der Waals surface area contributed by atoms with Gasteiger partial charge in [-0.3, -0.25) is 9.59 Å². The summed E-state index contributed by atoms with van der Waals surface area (Å²) in [5.41, 5.74) is 0.372. The Hall–Kier alpha value is -1.45. The maximum absolute atomic E-state index is 12.0. The van der Waals surface area contributed by atoms with Crippen molar-refractivity contribution in [2.75, 3.05) is 0 Å². The second-order valence-corrected chi connectivity index (χ2v) is 4.70. The van der Waals surface area contributed by atoms with Gasteiger partial charge >= 0.3 is 0 Å². The molecule has 1 aliphatic heterocycles. The van der Waals surface area contributed by atoms with E-state index in [1.165, 1.54) is 12.3 Å². The second kappa shape index (κ2) is 5.46. The summed E-state index contributed by atoms with van der Waals surface area (Å²) in [6.07, 6.45) is 4.80. The minimum absolute atomic E-state index is 0.0635. The summed E-state index contributed by atoms with van der Waals surface area (Å²) >= 11 is 11.7. The molecule has 3 nitrogen and oxygen atoms in total. The van der Waals surface area contributed by atoms with Crippen LogP contribution in [-0.4, -0.2) is 17.9 Å². The Morgan fingerprint density at radius 2 is 2.11 bits per heavy atom. The number of ketones is 1. The minimum Gasteiger partial charge on any atom is -0.294 e. The van der Waals surface area contributed by atoms with Gasteiger partial charge in [0.25, 0.3) is 5.91 Å². The molecule has 0 aliphatic carbocycles. The SMILES string of the molecule is O=C(CC1C=CC=NC1=O)c1ccc(Cl)cc1Cl. The zero-order chi connectivity index (χ0) is 13.1. The summed E-state index contributed by atoms with van der Waals surface area (Å²) in [5.74, 6) is -1.01. The molecular weight excluding hydrogens is 273 g/mol. The van der Waals surface area contributed by atoms with Gasteiger partial charge in [0.05, 0.1) is 10.9 Å². The van der Waals surface area contributed by atoms with E-state index in [9.17, 15) is 9.59 Å². The maximum atomic E-state index is 12.0. The van der Waals surface area contributed by atoms with E-state index in [2.05, 4.69) is 4.99 Å². The van der Waals surface area contributed by atoms with E-state index in [0.29, 0.717) is 15.6 Å². The van der Waals surface area contributed by atoms with Crippen LogP contribution in [0.4, 0.5) is 0 Å². The van der Waals surface area contributed by atoms with Crippen molar-refractivity contribution in [3.63, 3.8) is 0 Å². The Balaban J connectivity index is 2.15. The van der Waals surface area contributed by atoms with Gasteiger partial charge in [-0.05, 0) is 24.3 Å². The minimum atomic E-state index is -0.505. The van der Waals surface area contributed by atoms with Crippen LogP contribution in [0.3, 0.4) is 0 Å². The van der Waals surface area contributed by atoms with Crippen molar-refractivity contribution in [1.29, 1.82) is 0 Å². The lowest BCUT2D eigenvalue weighted by atomic mass is 9.96. The largest absolute Gasteiger partial charge is 0.294 e.